The topological polar surface area (TPSA) is 63.2 Å². The van der Waals surface area contributed by atoms with E-state index >= 15 is 0 Å². The third-order valence-electron chi connectivity index (χ3n) is 6.41. The Hall–Kier alpha value is -3.19. The number of hydrogen-bond acceptors (Lipinski definition) is 6. The maximum atomic E-state index is 13.5. The van der Waals surface area contributed by atoms with Gasteiger partial charge in [-0.3, -0.25) is 4.79 Å². The molecule has 1 fully saturated rings. The van der Waals surface area contributed by atoms with Crippen molar-refractivity contribution < 1.29 is 40.6 Å². The van der Waals surface area contributed by atoms with Gasteiger partial charge in [0.25, 0.3) is 0 Å². The minimum atomic E-state index is -5.00. The average Bonchev–Trinajstić information content (AvgIpc) is 3.25. The molecule has 1 N–H and O–H groups in total. The third-order valence-corrected chi connectivity index (χ3v) is 7.21. The molecule has 1 amide bonds. The lowest BCUT2D eigenvalue weighted by molar-refractivity contribution is -0.143. The summed E-state index contributed by atoms with van der Waals surface area (Å²) in [6, 6.07) is 6.09. The number of thioether (sulfide) groups is 1. The quantitative estimate of drug-likeness (QED) is 0.336. The molecule has 2 aromatic carbocycles. The lowest BCUT2D eigenvalue weighted by atomic mass is 10.0. The van der Waals surface area contributed by atoms with Crippen LogP contribution in [0.15, 0.2) is 46.3 Å². The van der Waals surface area contributed by atoms with Gasteiger partial charge in [0.2, 0.25) is 0 Å². The van der Waals surface area contributed by atoms with Crippen molar-refractivity contribution in [2.24, 2.45) is 4.99 Å². The van der Waals surface area contributed by atoms with Crippen LogP contribution >= 0.6 is 11.8 Å². The zero-order valence-corrected chi connectivity index (χ0v) is 22.3. The Bertz CT molecular complexity index is 1290. The second-order valence-corrected chi connectivity index (χ2v) is 10.2. The number of carbonyl (C=O) groups excluding carboxylic acids is 1. The van der Waals surface area contributed by atoms with E-state index in [4.69, 9.17) is 9.47 Å². The molecule has 0 bridgehead atoms. The molecule has 0 spiro atoms. The van der Waals surface area contributed by atoms with Crippen LogP contribution in [-0.4, -0.2) is 49.3 Å². The second kappa shape index (κ2) is 12.5. The van der Waals surface area contributed by atoms with E-state index in [1.807, 2.05) is 0 Å². The fourth-order valence-corrected chi connectivity index (χ4v) is 5.13. The fourth-order valence-electron chi connectivity index (χ4n) is 4.39. The van der Waals surface area contributed by atoms with Gasteiger partial charge in [-0.25, -0.2) is 0 Å². The van der Waals surface area contributed by atoms with Crippen LogP contribution in [0, 0.1) is 0 Å². The number of carbonyl (C=O) groups is 1. The number of nitrogens with one attached hydrogen (secondary N) is 1. The van der Waals surface area contributed by atoms with E-state index < -0.39 is 35.6 Å². The normalized spacial score (nSPS) is 17.7. The van der Waals surface area contributed by atoms with Crippen LogP contribution in [0.25, 0.3) is 6.08 Å². The lowest BCUT2D eigenvalue weighted by Gasteiger charge is -2.26. The standard InChI is InChI=1S/C27H27F6N3O3S/c1-38-22-13-17(14-23-24(35-25(37)40-23)34-9-12-36-10-3-2-4-11-36)5-8-21(22)39-16-18-6-7-19(26(28,29)30)15-20(18)27(31,32)33/h5-8,13-15H,2-4,9-12,16H2,1H3,(H,34,35,37)/b23-14-. The highest BCUT2D eigenvalue weighted by Gasteiger charge is 2.38. The number of likely N-dealkylation sites (tertiary alicyclic amines) is 1. The molecule has 0 radical (unpaired) electrons. The summed E-state index contributed by atoms with van der Waals surface area (Å²) in [6.07, 6.45) is -4.59. The maximum Gasteiger partial charge on any atom is 0.416 e. The van der Waals surface area contributed by atoms with Crippen LogP contribution in [0.5, 0.6) is 11.5 Å². The largest absolute Gasteiger partial charge is 0.493 e. The smallest absolute Gasteiger partial charge is 0.416 e. The number of amidine groups is 1. The molecule has 0 atom stereocenters. The molecule has 13 heteroatoms. The number of methoxy groups -OCH3 is 1. The fraction of sp³-hybridized carbons (Fsp3) is 0.407. The molecule has 1 saturated heterocycles. The Morgan fingerprint density at radius 3 is 2.42 bits per heavy atom. The lowest BCUT2D eigenvalue weighted by Crippen LogP contribution is -2.37. The summed E-state index contributed by atoms with van der Waals surface area (Å²) in [6.45, 7) is 2.93. The molecule has 0 aromatic heterocycles. The number of alkyl halides is 6. The first-order chi connectivity index (χ1) is 18.9. The molecule has 0 unspecified atom stereocenters. The van der Waals surface area contributed by atoms with Gasteiger partial charge >= 0.3 is 17.6 Å². The molecule has 2 heterocycles. The summed E-state index contributed by atoms with van der Waals surface area (Å²) in [5, 5.41) is 2.87. The first-order valence-corrected chi connectivity index (χ1v) is 13.3. The van der Waals surface area contributed by atoms with E-state index in [1.165, 1.54) is 32.4 Å². The van der Waals surface area contributed by atoms with Gasteiger partial charge in [-0.15, -0.1) is 0 Å². The number of aliphatic imine (C=N–C) groups is 1. The molecule has 0 aliphatic carbocycles. The first-order valence-electron chi connectivity index (χ1n) is 12.5. The highest BCUT2D eigenvalue weighted by molar-refractivity contribution is 8.18. The number of benzene rings is 2. The summed E-state index contributed by atoms with van der Waals surface area (Å²) < 4.78 is 90.1. The summed E-state index contributed by atoms with van der Waals surface area (Å²) >= 11 is 0.970. The van der Waals surface area contributed by atoms with Gasteiger partial charge in [0.15, 0.2) is 11.5 Å². The molecule has 2 aromatic rings. The Kier molecular flexibility index (Phi) is 9.34. The predicted octanol–water partition coefficient (Wildman–Crippen LogP) is 6.99. The van der Waals surface area contributed by atoms with E-state index in [-0.39, 0.29) is 22.8 Å². The number of nitrogens with zero attached hydrogens (tertiary/aromatic N) is 2. The van der Waals surface area contributed by atoms with Crippen LogP contribution in [-0.2, 0) is 19.0 Å². The predicted molar refractivity (Wildman–Crippen MR) is 140 cm³/mol. The van der Waals surface area contributed by atoms with Crippen molar-refractivity contribution in [3.05, 3.63) is 63.6 Å². The van der Waals surface area contributed by atoms with Crippen LogP contribution in [0.1, 0.15) is 41.5 Å². The molecule has 40 heavy (non-hydrogen) atoms. The molecular weight excluding hydrogens is 560 g/mol. The molecule has 2 aliphatic heterocycles. The zero-order chi connectivity index (χ0) is 28.9. The number of hydrogen-bond donors (Lipinski definition) is 1. The van der Waals surface area contributed by atoms with Gasteiger partial charge in [0.1, 0.15) is 12.4 Å². The van der Waals surface area contributed by atoms with Gasteiger partial charge in [0, 0.05) is 18.7 Å². The minimum absolute atomic E-state index is 0.0749. The number of rotatable bonds is 8. The molecule has 216 valence electrons. The van der Waals surface area contributed by atoms with Crippen LogP contribution in [0.2, 0.25) is 0 Å². The molecule has 0 saturated carbocycles. The average molecular weight is 588 g/mol. The third kappa shape index (κ3) is 7.72. The minimum Gasteiger partial charge on any atom is -0.493 e. The van der Waals surface area contributed by atoms with Gasteiger partial charge in [-0.1, -0.05) is 18.6 Å². The van der Waals surface area contributed by atoms with E-state index in [2.05, 4.69) is 15.2 Å². The van der Waals surface area contributed by atoms with E-state index in [0.717, 1.165) is 37.5 Å². The maximum absolute atomic E-state index is 13.5. The van der Waals surface area contributed by atoms with Crippen LogP contribution in [0.3, 0.4) is 0 Å². The molecular formula is C27H27F6N3O3S. The van der Waals surface area contributed by atoms with E-state index in [0.29, 0.717) is 28.9 Å². The summed E-state index contributed by atoms with van der Waals surface area (Å²) in [5.74, 6) is 0.760. The highest BCUT2D eigenvalue weighted by atomic mass is 32.2. The van der Waals surface area contributed by atoms with Gasteiger partial charge in [-0.2, -0.15) is 31.3 Å². The van der Waals surface area contributed by atoms with Crippen molar-refractivity contribution in [1.29, 1.82) is 0 Å². The van der Waals surface area contributed by atoms with Gasteiger partial charge in [-0.05, 0) is 73.6 Å². The number of amides is 1. The summed E-state index contributed by atoms with van der Waals surface area (Å²) in [7, 11) is 1.35. The van der Waals surface area contributed by atoms with E-state index in [1.54, 1.807) is 18.2 Å². The monoisotopic (exact) mass is 587 g/mol. The second-order valence-electron chi connectivity index (χ2n) is 9.23. The Labute approximate surface area is 231 Å². The van der Waals surface area contributed by atoms with Crippen molar-refractivity contribution in [3.63, 3.8) is 0 Å². The molecule has 6 nitrogen and oxygen atoms in total. The van der Waals surface area contributed by atoms with Crippen LogP contribution < -0.4 is 14.8 Å². The summed E-state index contributed by atoms with van der Waals surface area (Å²) in [5.41, 5.74) is -2.65. The zero-order valence-electron chi connectivity index (χ0n) is 21.5. The van der Waals surface area contributed by atoms with Crippen LogP contribution in [0.4, 0.5) is 31.1 Å². The first kappa shape index (κ1) is 29.8. The number of halogens is 6. The van der Waals surface area contributed by atoms with Crippen molar-refractivity contribution >= 4 is 28.9 Å². The van der Waals surface area contributed by atoms with Gasteiger partial charge < -0.3 is 19.7 Å². The number of piperidine rings is 1. The van der Waals surface area contributed by atoms with Crippen molar-refractivity contribution in [2.75, 3.05) is 33.3 Å². The molecule has 2 aliphatic rings. The van der Waals surface area contributed by atoms with Gasteiger partial charge in [0.05, 0.1) is 23.1 Å². The highest BCUT2D eigenvalue weighted by Crippen LogP contribution is 2.38. The SMILES string of the molecule is COc1cc(/C=C2\SC(=O)N=C2NCCN2CCCCC2)ccc1OCc1ccc(C(F)(F)F)cc1C(F)(F)F. The Morgan fingerprint density at radius 2 is 1.75 bits per heavy atom. The molecule has 4 rings (SSSR count). The van der Waals surface area contributed by atoms with Crippen molar-refractivity contribution in [3.8, 4) is 11.5 Å². The number of ether oxygens (including phenoxy) is 2. The Morgan fingerprint density at radius 1 is 1.00 bits per heavy atom. The van der Waals surface area contributed by atoms with Crippen molar-refractivity contribution in [2.45, 2.75) is 38.2 Å². The summed E-state index contributed by atoms with van der Waals surface area (Å²) in [4.78, 5) is 19.0. The van der Waals surface area contributed by atoms with E-state index in [9.17, 15) is 31.1 Å². The Balaban J connectivity index is 1.46. The van der Waals surface area contributed by atoms with Crippen molar-refractivity contribution in [1.82, 2.24) is 10.2 Å².